The minimum absolute atomic E-state index is 0.253. The van der Waals surface area contributed by atoms with E-state index in [1.165, 1.54) is 0 Å². The van der Waals surface area contributed by atoms with Crippen LogP contribution in [0.1, 0.15) is 36.0 Å². The van der Waals surface area contributed by atoms with Crippen LogP contribution in [0.25, 0.3) is 0 Å². The standard InChI is InChI=1S/C32H36Cl2N2O3/c1-3-22-39-24-30(35-38-2)32(26-12-8-5-9-13-26,27-14-15-28(33)29(34)23-27)18-21-36-19-16-31(37,17-20-36)25-10-6-4-7-11-25/h3-15,23,37H,1,16-22,24H2,2H3. The summed E-state index contributed by atoms with van der Waals surface area (Å²) >= 11 is 12.9. The third-order valence-corrected chi connectivity index (χ3v) is 8.38. The van der Waals surface area contributed by atoms with Crippen molar-refractivity contribution in [1.82, 2.24) is 4.90 Å². The van der Waals surface area contributed by atoms with E-state index in [4.69, 9.17) is 32.8 Å². The van der Waals surface area contributed by atoms with Crippen LogP contribution in [0.15, 0.2) is 96.7 Å². The molecule has 1 heterocycles. The number of hydrogen-bond donors (Lipinski definition) is 1. The van der Waals surface area contributed by atoms with Gasteiger partial charge >= 0.3 is 0 Å². The first-order chi connectivity index (χ1) is 18.9. The molecule has 1 saturated heterocycles. The molecule has 5 nitrogen and oxygen atoms in total. The summed E-state index contributed by atoms with van der Waals surface area (Å²) in [6.45, 7) is 6.75. The van der Waals surface area contributed by atoms with E-state index < -0.39 is 11.0 Å². The molecule has 3 aromatic rings. The molecule has 0 saturated carbocycles. The molecule has 1 atom stereocenters. The molecule has 3 aromatic carbocycles. The Morgan fingerprint density at radius 3 is 2.28 bits per heavy atom. The number of aliphatic hydroxyl groups is 1. The SMILES string of the molecule is C=CCOCC(=NOC)C(CCN1CCC(O)(c2ccccc2)CC1)(c1ccccc1)c1ccc(Cl)c(Cl)c1. The summed E-state index contributed by atoms with van der Waals surface area (Å²) in [7, 11) is 1.55. The maximum atomic E-state index is 11.4. The van der Waals surface area contributed by atoms with Crippen molar-refractivity contribution in [3.05, 3.63) is 118 Å². The largest absolute Gasteiger partial charge is 0.399 e. The molecule has 0 aromatic heterocycles. The summed E-state index contributed by atoms with van der Waals surface area (Å²) in [5.74, 6) is 0. The second-order valence-corrected chi connectivity index (χ2v) is 10.7. The monoisotopic (exact) mass is 566 g/mol. The molecule has 206 valence electrons. The van der Waals surface area contributed by atoms with Crippen LogP contribution in [0.5, 0.6) is 0 Å². The number of benzene rings is 3. The van der Waals surface area contributed by atoms with E-state index in [2.05, 4.69) is 28.8 Å². The number of rotatable bonds is 12. The van der Waals surface area contributed by atoms with Gasteiger partial charge in [-0.15, -0.1) is 6.58 Å². The van der Waals surface area contributed by atoms with Gasteiger partial charge in [0, 0.05) is 13.1 Å². The molecule has 0 aliphatic carbocycles. The zero-order chi connectivity index (χ0) is 27.7. The van der Waals surface area contributed by atoms with E-state index in [1.54, 1.807) is 13.2 Å². The lowest BCUT2D eigenvalue weighted by Gasteiger charge is -2.41. The molecule has 7 heteroatoms. The highest BCUT2D eigenvalue weighted by molar-refractivity contribution is 6.42. The molecule has 1 aliphatic heterocycles. The molecule has 1 N–H and O–H groups in total. The van der Waals surface area contributed by atoms with Gasteiger partial charge < -0.3 is 19.6 Å². The van der Waals surface area contributed by atoms with Gasteiger partial charge in [0.25, 0.3) is 0 Å². The summed E-state index contributed by atoms with van der Waals surface area (Å²) in [6.07, 6.45) is 3.75. The lowest BCUT2D eigenvalue weighted by molar-refractivity contribution is -0.0264. The fraction of sp³-hybridized carbons (Fsp3) is 0.344. The fourth-order valence-corrected chi connectivity index (χ4v) is 5.80. The molecule has 39 heavy (non-hydrogen) atoms. The van der Waals surface area contributed by atoms with Gasteiger partial charge in [-0.1, -0.05) is 101 Å². The number of piperidine rings is 1. The van der Waals surface area contributed by atoms with Crippen LogP contribution in [0.3, 0.4) is 0 Å². The van der Waals surface area contributed by atoms with Crippen LogP contribution in [0, 0.1) is 0 Å². The molecular formula is C32H36Cl2N2O3. The Morgan fingerprint density at radius 1 is 1.00 bits per heavy atom. The van der Waals surface area contributed by atoms with Crippen LogP contribution >= 0.6 is 23.2 Å². The number of halogens is 2. The Balaban J connectivity index is 1.69. The predicted molar refractivity (Wildman–Crippen MR) is 160 cm³/mol. The average molecular weight is 568 g/mol. The summed E-state index contributed by atoms with van der Waals surface area (Å²) in [6, 6.07) is 26.0. The van der Waals surface area contributed by atoms with Crippen LogP contribution in [0.2, 0.25) is 10.0 Å². The van der Waals surface area contributed by atoms with Gasteiger partial charge in [0.2, 0.25) is 0 Å². The molecule has 1 unspecified atom stereocenters. The van der Waals surface area contributed by atoms with Crippen molar-refractivity contribution in [2.24, 2.45) is 5.16 Å². The second-order valence-electron chi connectivity index (χ2n) is 9.91. The minimum atomic E-state index is -0.806. The topological polar surface area (TPSA) is 54.3 Å². The minimum Gasteiger partial charge on any atom is -0.399 e. The third kappa shape index (κ3) is 6.74. The first-order valence-electron chi connectivity index (χ1n) is 13.2. The average Bonchev–Trinajstić information content (AvgIpc) is 2.97. The molecule has 0 bridgehead atoms. The Hall–Kier alpha value is -2.67. The van der Waals surface area contributed by atoms with Crippen molar-refractivity contribution in [2.75, 3.05) is 40.0 Å². The lowest BCUT2D eigenvalue weighted by Crippen LogP contribution is -2.47. The first kappa shape index (κ1) is 29.3. The highest BCUT2D eigenvalue weighted by Crippen LogP contribution is 2.41. The quantitative estimate of drug-likeness (QED) is 0.113. The molecule has 0 amide bonds. The predicted octanol–water partition coefficient (Wildman–Crippen LogP) is 6.86. The number of nitrogens with zero attached hydrogens (tertiary/aromatic N) is 2. The highest BCUT2D eigenvalue weighted by atomic mass is 35.5. The first-order valence-corrected chi connectivity index (χ1v) is 14.0. The van der Waals surface area contributed by atoms with E-state index in [9.17, 15) is 5.11 Å². The summed E-state index contributed by atoms with van der Waals surface area (Å²) < 4.78 is 5.93. The Bertz CT molecular complexity index is 1240. The van der Waals surface area contributed by atoms with Gasteiger partial charge in [-0.05, 0) is 54.6 Å². The van der Waals surface area contributed by atoms with Crippen LogP contribution in [0.4, 0.5) is 0 Å². The van der Waals surface area contributed by atoms with Gasteiger partial charge in [-0.25, -0.2) is 0 Å². The second kappa shape index (κ2) is 13.6. The van der Waals surface area contributed by atoms with Crippen molar-refractivity contribution >= 4 is 28.9 Å². The maximum absolute atomic E-state index is 11.4. The zero-order valence-corrected chi connectivity index (χ0v) is 23.9. The number of ether oxygens (including phenoxy) is 1. The van der Waals surface area contributed by atoms with Crippen molar-refractivity contribution < 1.29 is 14.7 Å². The Kier molecular flexibility index (Phi) is 10.2. The van der Waals surface area contributed by atoms with Crippen LogP contribution in [-0.2, 0) is 20.6 Å². The maximum Gasteiger partial charge on any atom is 0.106 e. The molecular weight excluding hydrogens is 531 g/mol. The molecule has 1 aliphatic rings. The zero-order valence-electron chi connectivity index (χ0n) is 22.4. The van der Waals surface area contributed by atoms with Crippen LogP contribution < -0.4 is 0 Å². The van der Waals surface area contributed by atoms with Crippen molar-refractivity contribution in [1.29, 1.82) is 0 Å². The smallest absolute Gasteiger partial charge is 0.106 e. The van der Waals surface area contributed by atoms with E-state index in [0.717, 1.165) is 42.0 Å². The summed E-state index contributed by atoms with van der Waals surface area (Å²) in [5.41, 5.74) is 2.22. The van der Waals surface area contributed by atoms with Crippen molar-refractivity contribution in [2.45, 2.75) is 30.3 Å². The normalized spacial score (nSPS) is 17.4. The summed E-state index contributed by atoms with van der Waals surface area (Å²) in [5, 5.41) is 16.9. The molecule has 0 radical (unpaired) electrons. The molecule has 4 rings (SSSR count). The Labute approximate surface area is 241 Å². The lowest BCUT2D eigenvalue weighted by atomic mass is 9.68. The van der Waals surface area contributed by atoms with Gasteiger partial charge in [-0.2, -0.15) is 0 Å². The molecule has 0 spiro atoms. The van der Waals surface area contributed by atoms with Crippen LogP contribution in [-0.4, -0.2) is 55.7 Å². The number of likely N-dealkylation sites (tertiary alicyclic amines) is 1. The van der Waals surface area contributed by atoms with Gasteiger partial charge in [0.15, 0.2) is 0 Å². The third-order valence-electron chi connectivity index (χ3n) is 7.64. The Morgan fingerprint density at radius 2 is 1.67 bits per heavy atom. The molecule has 1 fully saturated rings. The number of hydrogen-bond acceptors (Lipinski definition) is 5. The van der Waals surface area contributed by atoms with E-state index >= 15 is 0 Å². The van der Waals surface area contributed by atoms with Crippen molar-refractivity contribution in [3.8, 4) is 0 Å². The van der Waals surface area contributed by atoms with Gasteiger partial charge in [-0.3, -0.25) is 0 Å². The van der Waals surface area contributed by atoms with Crippen molar-refractivity contribution in [3.63, 3.8) is 0 Å². The number of oxime groups is 1. The van der Waals surface area contributed by atoms with Gasteiger partial charge in [0.1, 0.15) is 7.11 Å². The van der Waals surface area contributed by atoms with Gasteiger partial charge in [0.05, 0.1) is 40.0 Å². The van der Waals surface area contributed by atoms with E-state index in [1.807, 2.05) is 66.7 Å². The van der Waals surface area contributed by atoms with E-state index in [0.29, 0.717) is 35.9 Å². The fourth-order valence-electron chi connectivity index (χ4n) is 5.50. The van der Waals surface area contributed by atoms with E-state index in [-0.39, 0.29) is 6.61 Å². The summed E-state index contributed by atoms with van der Waals surface area (Å²) in [4.78, 5) is 7.79. The highest BCUT2D eigenvalue weighted by Gasteiger charge is 2.42.